The third-order valence-electron chi connectivity index (χ3n) is 3.60. The lowest BCUT2D eigenvalue weighted by molar-refractivity contribution is -0.139. The standard InChI is InChI=1S/C15H10F4N2O4S/c1-21-12-5-3-9(7-13(12)25-14(21)22)26(23,24)20-8-2-4-11(16)10(6-8)15(17,18)19/h2-7,20H,1H3. The molecule has 0 amide bonds. The van der Waals surface area contributed by atoms with Crippen molar-refractivity contribution in [3.63, 3.8) is 0 Å². The molecule has 6 nitrogen and oxygen atoms in total. The minimum atomic E-state index is -4.97. The van der Waals surface area contributed by atoms with Crippen LogP contribution in [-0.4, -0.2) is 13.0 Å². The number of nitrogens with one attached hydrogen (secondary N) is 1. The summed E-state index contributed by atoms with van der Waals surface area (Å²) in [7, 11) is -2.87. The van der Waals surface area contributed by atoms with Gasteiger partial charge in [-0.15, -0.1) is 0 Å². The smallest absolute Gasteiger partial charge is 0.408 e. The molecule has 0 aliphatic heterocycles. The van der Waals surface area contributed by atoms with Gasteiger partial charge in [-0.3, -0.25) is 9.29 Å². The lowest BCUT2D eigenvalue weighted by atomic mass is 10.2. The highest BCUT2D eigenvalue weighted by molar-refractivity contribution is 7.92. The Hall–Kier alpha value is -2.82. The minimum Gasteiger partial charge on any atom is -0.408 e. The fourth-order valence-electron chi connectivity index (χ4n) is 2.30. The molecule has 3 aromatic rings. The second kappa shape index (κ2) is 5.87. The predicted molar refractivity (Wildman–Crippen MR) is 83.7 cm³/mol. The first-order valence-corrected chi connectivity index (χ1v) is 8.46. The number of benzene rings is 2. The van der Waals surface area contributed by atoms with Crippen molar-refractivity contribution in [2.75, 3.05) is 4.72 Å². The van der Waals surface area contributed by atoms with E-state index in [2.05, 4.69) is 0 Å². The molecule has 26 heavy (non-hydrogen) atoms. The van der Waals surface area contributed by atoms with Crippen LogP contribution in [0.4, 0.5) is 23.2 Å². The molecule has 2 aromatic carbocycles. The Morgan fingerprint density at radius 3 is 2.46 bits per heavy atom. The first-order chi connectivity index (χ1) is 12.0. The van der Waals surface area contributed by atoms with Crippen molar-refractivity contribution in [3.05, 3.63) is 58.3 Å². The van der Waals surface area contributed by atoms with Crippen molar-refractivity contribution < 1.29 is 30.4 Å². The summed E-state index contributed by atoms with van der Waals surface area (Å²) in [5.74, 6) is -2.22. The quantitative estimate of drug-likeness (QED) is 0.697. The number of nitrogens with zero attached hydrogens (tertiary/aromatic N) is 1. The number of sulfonamides is 1. The van der Waals surface area contributed by atoms with Gasteiger partial charge in [-0.1, -0.05) is 0 Å². The second-order valence-electron chi connectivity index (χ2n) is 5.35. The number of rotatable bonds is 3. The number of aromatic nitrogens is 1. The van der Waals surface area contributed by atoms with Gasteiger partial charge < -0.3 is 4.42 Å². The first-order valence-electron chi connectivity index (χ1n) is 6.98. The number of alkyl halides is 3. The van der Waals surface area contributed by atoms with Crippen LogP contribution in [0.2, 0.25) is 0 Å². The number of halogens is 4. The van der Waals surface area contributed by atoms with Gasteiger partial charge in [-0.25, -0.2) is 17.6 Å². The maximum atomic E-state index is 13.3. The molecule has 0 saturated heterocycles. The molecular weight excluding hydrogens is 380 g/mol. The fourth-order valence-corrected chi connectivity index (χ4v) is 3.37. The zero-order valence-corrected chi connectivity index (χ0v) is 13.8. The summed E-state index contributed by atoms with van der Waals surface area (Å²) in [6.07, 6.45) is -4.97. The Morgan fingerprint density at radius 1 is 1.12 bits per heavy atom. The number of hydrogen-bond donors (Lipinski definition) is 1. The molecule has 1 aromatic heterocycles. The van der Waals surface area contributed by atoms with Gasteiger partial charge in [0.1, 0.15) is 5.82 Å². The van der Waals surface area contributed by atoms with Crippen LogP contribution in [0.25, 0.3) is 11.1 Å². The van der Waals surface area contributed by atoms with Gasteiger partial charge in [0, 0.05) is 18.8 Å². The van der Waals surface area contributed by atoms with Crippen molar-refractivity contribution in [1.82, 2.24) is 4.57 Å². The summed E-state index contributed by atoms with van der Waals surface area (Å²) in [6, 6.07) is 5.28. The molecule has 0 atom stereocenters. The van der Waals surface area contributed by atoms with Crippen molar-refractivity contribution in [2.24, 2.45) is 7.05 Å². The van der Waals surface area contributed by atoms with E-state index in [9.17, 15) is 30.8 Å². The van der Waals surface area contributed by atoms with Crippen LogP contribution >= 0.6 is 0 Å². The lowest BCUT2D eigenvalue weighted by Gasteiger charge is -2.12. The van der Waals surface area contributed by atoms with Crippen LogP contribution in [0, 0.1) is 5.82 Å². The maximum absolute atomic E-state index is 13.3. The second-order valence-corrected chi connectivity index (χ2v) is 7.04. The van der Waals surface area contributed by atoms with E-state index in [1.165, 1.54) is 13.1 Å². The Kier molecular flexibility index (Phi) is 4.06. The lowest BCUT2D eigenvalue weighted by Crippen LogP contribution is -2.15. The van der Waals surface area contributed by atoms with E-state index in [4.69, 9.17) is 4.42 Å². The average Bonchev–Trinajstić information content (AvgIpc) is 2.82. The van der Waals surface area contributed by atoms with Crippen LogP contribution in [0.5, 0.6) is 0 Å². The fraction of sp³-hybridized carbons (Fsp3) is 0.133. The Balaban J connectivity index is 2.01. The number of hydrogen-bond acceptors (Lipinski definition) is 4. The van der Waals surface area contributed by atoms with Crippen molar-refractivity contribution >= 4 is 26.8 Å². The predicted octanol–water partition coefficient (Wildman–Crippen LogP) is 3.09. The Bertz CT molecular complexity index is 1160. The number of oxazole rings is 1. The summed E-state index contributed by atoms with van der Waals surface area (Å²) in [5, 5.41) is 0. The van der Waals surface area contributed by atoms with Crippen molar-refractivity contribution in [3.8, 4) is 0 Å². The summed E-state index contributed by atoms with van der Waals surface area (Å²) in [5.41, 5.74) is -1.72. The van der Waals surface area contributed by atoms with E-state index in [0.29, 0.717) is 17.6 Å². The molecule has 0 radical (unpaired) electrons. The summed E-state index contributed by atoms with van der Waals surface area (Å²) in [6.45, 7) is 0. The molecule has 0 bridgehead atoms. The van der Waals surface area contributed by atoms with Gasteiger partial charge in [-0.2, -0.15) is 13.2 Å². The highest BCUT2D eigenvalue weighted by Crippen LogP contribution is 2.33. The van der Waals surface area contributed by atoms with Gasteiger partial charge in [0.05, 0.1) is 16.0 Å². The summed E-state index contributed by atoms with van der Waals surface area (Å²) < 4.78 is 84.2. The molecule has 0 aliphatic carbocycles. The molecule has 138 valence electrons. The molecule has 0 fully saturated rings. The number of fused-ring (bicyclic) bond motifs is 1. The molecule has 11 heteroatoms. The molecule has 3 rings (SSSR count). The van der Waals surface area contributed by atoms with E-state index in [-0.39, 0.29) is 10.5 Å². The van der Waals surface area contributed by atoms with Crippen molar-refractivity contribution in [2.45, 2.75) is 11.1 Å². The molecule has 1 N–H and O–H groups in total. The monoisotopic (exact) mass is 390 g/mol. The maximum Gasteiger partial charge on any atom is 0.419 e. The summed E-state index contributed by atoms with van der Waals surface area (Å²) in [4.78, 5) is 11.1. The first kappa shape index (κ1) is 18.0. The van der Waals surface area contributed by atoms with Gasteiger partial charge in [0.15, 0.2) is 5.58 Å². The van der Waals surface area contributed by atoms with Crippen molar-refractivity contribution in [1.29, 1.82) is 0 Å². The average molecular weight is 390 g/mol. The van der Waals surface area contributed by atoms with Gasteiger partial charge in [-0.05, 0) is 30.3 Å². The third-order valence-corrected chi connectivity index (χ3v) is 4.98. The Morgan fingerprint density at radius 2 is 1.81 bits per heavy atom. The molecule has 1 heterocycles. The number of anilines is 1. The van der Waals surface area contributed by atoms with Gasteiger partial charge >= 0.3 is 11.9 Å². The van der Waals surface area contributed by atoms with Crippen LogP contribution in [-0.2, 0) is 23.2 Å². The SMILES string of the molecule is Cn1c(=O)oc2cc(S(=O)(=O)Nc3ccc(F)c(C(F)(F)F)c3)ccc21. The van der Waals surface area contributed by atoms with E-state index < -0.39 is 39.0 Å². The van der Waals surface area contributed by atoms with E-state index in [1.807, 2.05) is 4.72 Å². The molecular formula is C15H10F4N2O4S. The normalized spacial score (nSPS) is 12.5. The zero-order valence-electron chi connectivity index (χ0n) is 13.0. The number of aryl methyl sites for hydroxylation is 1. The molecule has 0 saturated carbocycles. The van der Waals surface area contributed by atoms with E-state index in [0.717, 1.165) is 22.8 Å². The topological polar surface area (TPSA) is 81.3 Å². The van der Waals surface area contributed by atoms with E-state index >= 15 is 0 Å². The van der Waals surface area contributed by atoms with Crippen LogP contribution in [0.15, 0.2) is 50.5 Å². The highest BCUT2D eigenvalue weighted by atomic mass is 32.2. The Labute approximate surface area is 143 Å². The minimum absolute atomic E-state index is 0.00420. The van der Waals surface area contributed by atoms with Crippen LogP contribution in [0.3, 0.4) is 0 Å². The summed E-state index contributed by atoms with van der Waals surface area (Å²) >= 11 is 0. The zero-order chi connectivity index (χ0) is 19.3. The van der Waals surface area contributed by atoms with E-state index in [1.54, 1.807) is 0 Å². The van der Waals surface area contributed by atoms with Crippen LogP contribution in [0.1, 0.15) is 5.56 Å². The molecule has 0 aliphatic rings. The molecule has 0 spiro atoms. The third kappa shape index (κ3) is 3.17. The van der Waals surface area contributed by atoms with Gasteiger partial charge in [0.2, 0.25) is 0 Å². The highest BCUT2D eigenvalue weighted by Gasteiger charge is 2.34. The molecule has 0 unspecified atom stereocenters. The van der Waals surface area contributed by atoms with Gasteiger partial charge in [0.25, 0.3) is 10.0 Å². The largest absolute Gasteiger partial charge is 0.419 e. The van der Waals surface area contributed by atoms with Crippen LogP contribution < -0.4 is 10.5 Å².